The van der Waals surface area contributed by atoms with Gasteiger partial charge in [0.15, 0.2) is 0 Å². The number of rotatable bonds is 9. The van der Waals surface area contributed by atoms with Crippen molar-refractivity contribution in [3.8, 4) is 18.2 Å². The van der Waals surface area contributed by atoms with Gasteiger partial charge in [-0.25, -0.2) is 4.79 Å². The molecule has 2 unspecified atom stereocenters. The number of aliphatic hydroxyl groups excluding tert-OH is 1. The van der Waals surface area contributed by atoms with Crippen LogP contribution in [0.15, 0.2) is 24.3 Å². The average molecular weight is 434 g/mol. The number of phenols is 1. The van der Waals surface area contributed by atoms with E-state index in [0.717, 1.165) is 17.7 Å². The van der Waals surface area contributed by atoms with Crippen LogP contribution in [0.2, 0.25) is 0 Å². The SMILES string of the molecule is C#CN(C(=O)C(CO)NC(=O)OC(C)(C)C)C(C(=O)NCCCC)c1ccc(O)cc1. The number of nitrogens with zero attached hydrogens (tertiary/aromatic N) is 1. The minimum Gasteiger partial charge on any atom is -0.508 e. The lowest BCUT2D eigenvalue weighted by atomic mass is 10.0. The van der Waals surface area contributed by atoms with Gasteiger partial charge in [-0.2, -0.15) is 0 Å². The van der Waals surface area contributed by atoms with Gasteiger partial charge in [0.05, 0.1) is 6.61 Å². The molecule has 3 amide bonds. The molecule has 0 fully saturated rings. The Kier molecular flexibility index (Phi) is 9.83. The predicted molar refractivity (Wildman–Crippen MR) is 115 cm³/mol. The van der Waals surface area contributed by atoms with Gasteiger partial charge < -0.3 is 25.6 Å². The molecule has 0 aromatic heterocycles. The Balaban J connectivity index is 3.18. The molecule has 0 aliphatic carbocycles. The molecule has 170 valence electrons. The number of aromatic hydroxyl groups is 1. The van der Waals surface area contributed by atoms with Gasteiger partial charge in [-0.3, -0.25) is 14.5 Å². The molecule has 31 heavy (non-hydrogen) atoms. The minimum absolute atomic E-state index is 0.0210. The molecular weight excluding hydrogens is 402 g/mol. The first-order valence-electron chi connectivity index (χ1n) is 10.00. The molecule has 0 aliphatic rings. The zero-order valence-electron chi connectivity index (χ0n) is 18.3. The Morgan fingerprint density at radius 2 is 1.84 bits per heavy atom. The standard InChI is InChI=1S/C22H31N3O6/c1-6-8-13-23-19(28)18(15-9-11-16(27)12-10-15)25(7-2)20(29)17(14-26)24-21(30)31-22(3,4)5/h2,9-12,17-18,26-27H,6,8,13-14H2,1,3-5H3,(H,23,28)(H,24,30). The van der Waals surface area contributed by atoms with Gasteiger partial charge >= 0.3 is 6.09 Å². The molecule has 1 aromatic rings. The molecule has 9 heteroatoms. The van der Waals surface area contributed by atoms with E-state index in [2.05, 4.69) is 16.7 Å². The van der Waals surface area contributed by atoms with Crippen LogP contribution in [0.4, 0.5) is 4.79 Å². The van der Waals surface area contributed by atoms with E-state index in [1.807, 2.05) is 6.92 Å². The van der Waals surface area contributed by atoms with E-state index in [1.165, 1.54) is 24.3 Å². The number of benzene rings is 1. The van der Waals surface area contributed by atoms with E-state index in [-0.39, 0.29) is 5.75 Å². The number of hydrogen-bond acceptors (Lipinski definition) is 6. The van der Waals surface area contributed by atoms with Crippen LogP contribution < -0.4 is 10.6 Å². The summed E-state index contributed by atoms with van der Waals surface area (Å²) >= 11 is 0. The third-order valence-corrected chi connectivity index (χ3v) is 4.09. The normalized spacial score (nSPS) is 12.8. The molecule has 4 N–H and O–H groups in total. The third-order valence-electron chi connectivity index (χ3n) is 4.09. The highest BCUT2D eigenvalue weighted by Crippen LogP contribution is 2.24. The summed E-state index contributed by atoms with van der Waals surface area (Å²) in [6.07, 6.45) is 6.24. The predicted octanol–water partition coefficient (Wildman–Crippen LogP) is 1.65. The van der Waals surface area contributed by atoms with E-state index in [9.17, 15) is 24.6 Å². The van der Waals surface area contributed by atoms with E-state index >= 15 is 0 Å². The molecule has 0 radical (unpaired) electrons. The second-order valence-electron chi connectivity index (χ2n) is 7.86. The van der Waals surface area contributed by atoms with Crippen LogP contribution in [-0.2, 0) is 14.3 Å². The van der Waals surface area contributed by atoms with E-state index < -0.39 is 42.2 Å². The quantitative estimate of drug-likeness (QED) is 0.266. The summed E-state index contributed by atoms with van der Waals surface area (Å²) in [5, 5.41) is 24.2. The molecule has 0 saturated carbocycles. The molecule has 1 rings (SSSR count). The number of phenolic OH excluding ortho intramolecular Hbond substituents is 1. The first-order chi connectivity index (χ1) is 14.5. The molecule has 1 aromatic carbocycles. The average Bonchev–Trinajstić information content (AvgIpc) is 2.69. The Bertz CT molecular complexity index is 795. The molecule has 9 nitrogen and oxygen atoms in total. The van der Waals surface area contributed by atoms with Crippen molar-refractivity contribution in [3.05, 3.63) is 29.8 Å². The molecule has 2 atom stereocenters. The van der Waals surface area contributed by atoms with Gasteiger partial charge in [-0.15, -0.1) is 0 Å². The highest BCUT2D eigenvalue weighted by atomic mass is 16.6. The van der Waals surface area contributed by atoms with Crippen molar-refractivity contribution in [2.45, 2.75) is 58.2 Å². The van der Waals surface area contributed by atoms with Gasteiger partial charge in [-0.1, -0.05) is 31.9 Å². The smallest absolute Gasteiger partial charge is 0.408 e. The summed E-state index contributed by atoms with van der Waals surface area (Å²) in [7, 11) is 0. The van der Waals surface area contributed by atoms with Crippen LogP contribution in [0, 0.1) is 12.5 Å². The number of nitrogens with one attached hydrogen (secondary N) is 2. The second kappa shape index (κ2) is 11.8. The molecule has 0 spiro atoms. The zero-order valence-corrected chi connectivity index (χ0v) is 18.3. The summed E-state index contributed by atoms with van der Waals surface area (Å²) in [4.78, 5) is 38.8. The summed E-state index contributed by atoms with van der Waals surface area (Å²) in [5.74, 6) is -1.41. The molecular formula is C22H31N3O6. The summed E-state index contributed by atoms with van der Waals surface area (Å²) < 4.78 is 5.11. The number of amides is 3. The van der Waals surface area contributed by atoms with E-state index in [0.29, 0.717) is 12.1 Å². The van der Waals surface area contributed by atoms with Crippen molar-refractivity contribution >= 4 is 17.9 Å². The van der Waals surface area contributed by atoms with Crippen LogP contribution >= 0.6 is 0 Å². The van der Waals surface area contributed by atoms with Crippen LogP contribution in [-0.4, -0.2) is 57.8 Å². The van der Waals surface area contributed by atoms with Crippen molar-refractivity contribution < 1.29 is 29.3 Å². The number of terminal acetylenes is 1. The fraction of sp³-hybridized carbons (Fsp3) is 0.500. The maximum atomic E-state index is 13.0. The second-order valence-corrected chi connectivity index (χ2v) is 7.86. The van der Waals surface area contributed by atoms with Gasteiger partial charge in [0.25, 0.3) is 5.91 Å². The van der Waals surface area contributed by atoms with Gasteiger partial charge in [0.1, 0.15) is 23.4 Å². The van der Waals surface area contributed by atoms with Crippen LogP contribution in [0.3, 0.4) is 0 Å². The molecule has 0 aliphatic heterocycles. The number of hydrogen-bond donors (Lipinski definition) is 4. The number of alkyl carbamates (subject to hydrolysis) is 1. The number of aliphatic hydroxyl groups is 1. The molecule has 0 bridgehead atoms. The molecule has 0 heterocycles. The van der Waals surface area contributed by atoms with Crippen molar-refractivity contribution in [1.29, 1.82) is 0 Å². The molecule has 0 saturated heterocycles. The maximum absolute atomic E-state index is 13.0. The number of carbonyl (C=O) groups excluding carboxylic acids is 3. The number of carbonyl (C=O) groups is 3. The van der Waals surface area contributed by atoms with Gasteiger partial charge in [0.2, 0.25) is 5.91 Å². The lowest BCUT2D eigenvalue weighted by molar-refractivity contribution is -0.139. The maximum Gasteiger partial charge on any atom is 0.408 e. The summed E-state index contributed by atoms with van der Waals surface area (Å²) in [6.45, 7) is 6.55. The van der Waals surface area contributed by atoms with Crippen LogP contribution in [0.1, 0.15) is 52.1 Å². The summed E-state index contributed by atoms with van der Waals surface area (Å²) in [5.41, 5.74) is -0.459. The Labute approximate surface area is 182 Å². The van der Waals surface area contributed by atoms with E-state index in [1.54, 1.807) is 20.8 Å². The topological polar surface area (TPSA) is 128 Å². The Hall–Kier alpha value is -3.25. The lowest BCUT2D eigenvalue weighted by Gasteiger charge is -2.29. The van der Waals surface area contributed by atoms with Crippen molar-refractivity contribution in [2.24, 2.45) is 0 Å². The van der Waals surface area contributed by atoms with Crippen molar-refractivity contribution in [2.75, 3.05) is 13.2 Å². The first-order valence-corrected chi connectivity index (χ1v) is 10.00. The Morgan fingerprint density at radius 3 is 2.32 bits per heavy atom. The lowest BCUT2D eigenvalue weighted by Crippen LogP contribution is -2.53. The number of unbranched alkanes of at least 4 members (excludes halogenated alkanes) is 1. The van der Waals surface area contributed by atoms with Crippen LogP contribution in [0.5, 0.6) is 5.75 Å². The first kappa shape index (κ1) is 25.8. The van der Waals surface area contributed by atoms with Gasteiger partial charge in [0, 0.05) is 12.6 Å². The van der Waals surface area contributed by atoms with Crippen molar-refractivity contribution in [3.63, 3.8) is 0 Å². The zero-order chi connectivity index (χ0) is 23.6. The van der Waals surface area contributed by atoms with Gasteiger partial charge in [-0.05, 0) is 44.9 Å². The Morgan fingerprint density at radius 1 is 1.23 bits per heavy atom. The summed E-state index contributed by atoms with van der Waals surface area (Å²) in [6, 6.07) is 5.18. The van der Waals surface area contributed by atoms with Crippen molar-refractivity contribution in [1.82, 2.24) is 15.5 Å². The number of ether oxygens (including phenoxy) is 1. The highest BCUT2D eigenvalue weighted by molar-refractivity contribution is 5.93. The van der Waals surface area contributed by atoms with Crippen LogP contribution in [0.25, 0.3) is 0 Å². The highest BCUT2D eigenvalue weighted by Gasteiger charge is 2.35. The minimum atomic E-state index is -1.42. The fourth-order valence-electron chi connectivity index (χ4n) is 2.63. The largest absolute Gasteiger partial charge is 0.508 e. The fourth-order valence-corrected chi connectivity index (χ4v) is 2.63. The third kappa shape index (κ3) is 8.18. The van der Waals surface area contributed by atoms with E-state index in [4.69, 9.17) is 11.2 Å². The monoisotopic (exact) mass is 433 g/mol.